The van der Waals surface area contributed by atoms with Gasteiger partial charge in [-0.25, -0.2) is 0 Å². The minimum Gasteiger partial charge on any atom is -0.305 e. The lowest BCUT2D eigenvalue weighted by molar-refractivity contribution is 0.970. The van der Waals surface area contributed by atoms with Gasteiger partial charge < -0.3 is 5.41 Å². The van der Waals surface area contributed by atoms with E-state index in [1.807, 2.05) is 25.2 Å². The average molecular weight is 186 g/mol. The lowest BCUT2D eigenvalue weighted by atomic mass is 9.92. The first-order valence-corrected chi connectivity index (χ1v) is 4.72. The highest BCUT2D eigenvalue weighted by Crippen LogP contribution is 2.23. The van der Waals surface area contributed by atoms with Crippen LogP contribution < -0.4 is 0 Å². The van der Waals surface area contributed by atoms with Crippen molar-refractivity contribution in [1.29, 1.82) is 10.7 Å². The molecule has 0 fully saturated rings. The van der Waals surface area contributed by atoms with Crippen molar-refractivity contribution in [3.05, 3.63) is 34.9 Å². The van der Waals surface area contributed by atoms with Gasteiger partial charge in [-0.2, -0.15) is 5.26 Å². The molecule has 1 aliphatic rings. The van der Waals surface area contributed by atoms with Gasteiger partial charge in [-0.15, -0.1) is 0 Å². The summed E-state index contributed by atoms with van der Waals surface area (Å²) in [5.74, 6) is 0. The number of nitrogens with zero attached hydrogens (tertiary/aromatic N) is 1. The average Bonchev–Trinajstić information content (AvgIpc) is 2.19. The van der Waals surface area contributed by atoms with Crippen molar-refractivity contribution in [2.75, 3.05) is 0 Å². The fraction of sp³-hybridized carbons (Fsp3) is 0.333. The van der Waals surface area contributed by atoms with Crippen LogP contribution in [0.3, 0.4) is 0 Å². The number of nitriles is 1. The van der Waals surface area contributed by atoms with Crippen LogP contribution >= 0.6 is 0 Å². The predicted octanol–water partition coefficient (Wildman–Crippen LogP) is 3.14. The predicted molar refractivity (Wildman–Crippen MR) is 58.2 cm³/mol. The Morgan fingerprint density at radius 1 is 1.64 bits per heavy atom. The van der Waals surface area contributed by atoms with E-state index in [4.69, 9.17) is 10.7 Å². The van der Waals surface area contributed by atoms with Gasteiger partial charge in [0.05, 0.1) is 6.07 Å². The van der Waals surface area contributed by atoms with E-state index >= 15 is 0 Å². The molecule has 0 radical (unpaired) electrons. The van der Waals surface area contributed by atoms with E-state index in [1.54, 1.807) is 6.92 Å². The van der Waals surface area contributed by atoms with Crippen LogP contribution in [0.1, 0.15) is 26.7 Å². The Morgan fingerprint density at radius 3 is 2.86 bits per heavy atom. The van der Waals surface area contributed by atoms with Gasteiger partial charge in [-0.1, -0.05) is 12.2 Å². The molecule has 1 rings (SSSR count). The van der Waals surface area contributed by atoms with Crippen molar-refractivity contribution in [3.8, 4) is 6.07 Å². The third kappa shape index (κ3) is 2.20. The molecule has 72 valence electrons. The molecular formula is C12H14N2. The van der Waals surface area contributed by atoms with E-state index in [1.165, 1.54) is 0 Å². The molecule has 0 aliphatic heterocycles. The van der Waals surface area contributed by atoms with Crippen LogP contribution in [0, 0.1) is 16.7 Å². The fourth-order valence-electron chi connectivity index (χ4n) is 1.64. The molecule has 0 aromatic rings. The lowest BCUT2D eigenvalue weighted by Gasteiger charge is -2.13. The normalized spacial score (nSPS) is 16.8. The van der Waals surface area contributed by atoms with E-state index in [2.05, 4.69) is 6.07 Å². The molecule has 0 bridgehead atoms. The van der Waals surface area contributed by atoms with E-state index in [9.17, 15) is 0 Å². The number of hydrogen-bond donors (Lipinski definition) is 1. The van der Waals surface area contributed by atoms with Crippen LogP contribution in [-0.2, 0) is 0 Å². The highest BCUT2D eigenvalue weighted by molar-refractivity contribution is 6.00. The zero-order valence-electron chi connectivity index (χ0n) is 8.59. The largest absolute Gasteiger partial charge is 0.305 e. The van der Waals surface area contributed by atoms with Crippen LogP contribution in [0.2, 0.25) is 0 Å². The van der Waals surface area contributed by atoms with Gasteiger partial charge in [0.1, 0.15) is 0 Å². The Balaban J connectivity index is 3.00. The maximum atomic E-state index is 8.77. The van der Waals surface area contributed by atoms with Gasteiger partial charge in [-0.05, 0) is 43.9 Å². The lowest BCUT2D eigenvalue weighted by Crippen LogP contribution is -2.02. The molecule has 0 unspecified atom stereocenters. The molecule has 2 nitrogen and oxygen atoms in total. The molecule has 1 N–H and O–H groups in total. The second kappa shape index (κ2) is 4.57. The summed E-state index contributed by atoms with van der Waals surface area (Å²) in [6.45, 7) is 3.71. The Kier molecular flexibility index (Phi) is 3.41. The zero-order valence-corrected chi connectivity index (χ0v) is 8.59. The third-order valence-electron chi connectivity index (χ3n) is 2.28. The topological polar surface area (TPSA) is 47.6 Å². The Hall–Kier alpha value is -1.62. The number of rotatable bonds is 2. The second-order valence-electron chi connectivity index (χ2n) is 3.31. The monoisotopic (exact) mass is 186 g/mol. The van der Waals surface area contributed by atoms with Crippen molar-refractivity contribution in [2.24, 2.45) is 0 Å². The van der Waals surface area contributed by atoms with Gasteiger partial charge in [0, 0.05) is 11.3 Å². The Morgan fingerprint density at radius 2 is 2.36 bits per heavy atom. The van der Waals surface area contributed by atoms with E-state index < -0.39 is 0 Å². The highest BCUT2D eigenvalue weighted by atomic mass is 14.4. The van der Waals surface area contributed by atoms with Crippen molar-refractivity contribution in [1.82, 2.24) is 0 Å². The molecule has 0 saturated heterocycles. The molecule has 0 amide bonds. The molecule has 0 spiro atoms. The fourth-order valence-corrected chi connectivity index (χ4v) is 1.64. The van der Waals surface area contributed by atoms with Crippen molar-refractivity contribution in [2.45, 2.75) is 26.7 Å². The maximum absolute atomic E-state index is 8.77. The zero-order chi connectivity index (χ0) is 10.6. The van der Waals surface area contributed by atoms with Gasteiger partial charge >= 0.3 is 0 Å². The Bertz CT molecular complexity index is 376. The van der Waals surface area contributed by atoms with Crippen molar-refractivity contribution >= 4 is 5.71 Å². The van der Waals surface area contributed by atoms with Gasteiger partial charge in [-0.3, -0.25) is 0 Å². The number of allylic oxidation sites excluding steroid dienone is 6. The van der Waals surface area contributed by atoms with Crippen LogP contribution in [0.25, 0.3) is 0 Å². The molecule has 0 heterocycles. The second-order valence-corrected chi connectivity index (χ2v) is 3.31. The van der Waals surface area contributed by atoms with Gasteiger partial charge in [0.2, 0.25) is 0 Å². The first kappa shape index (κ1) is 10.5. The molecule has 1 aliphatic carbocycles. The van der Waals surface area contributed by atoms with Crippen molar-refractivity contribution in [3.63, 3.8) is 0 Å². The summed E-state index contributed by atoms with van der Waals surface area (Å²) in [6, 6.07) is 2.14. The van der Waals surface area contributed by atoms with E-state index in [0.29, 0.717) is 11.3 Å². The maximum Gasteiger partial charge on any atom is 0.0988 e. The molecule has 14 heavy (non-hydrogen) atoms. The summed E-state index contributed by atoms with van der Waals surface area (Å²) >= 11 is 0. The molecule has 0 aromatic heterocycles. The van der Waals surface area contributed by atoms with Crippen LogP contribution in [0.15, 0.2) is 34.9 Å². The minimum absolute atomic E-state index is 0.568. The standard InChI is InChI=1S/C12H14N2/c1-3-12(9(2)14)11-6-4-5-10(7-11)8-13/h3,5,7,14H,4,6H2,1-2H3/b12-3+,14-9?. The quantitative estimate of drug-likeness (QED) is 0.661. The van der Waals surface area contributed by atoms with Gasteiger partial charge in [0.25, 0.3) is 0 Å². The summed E-state index contributed by atoms with van der Waals surface area (Å²) < 4.78 is 0. The summed E-state index contributed by atoms with van der Waals surface area (Å²) in [6.07, 6.45) is 7.60. The summed E-state index contributed by atoms with van der Waals surface area (Å²) in [4.78, 5) is 0. The summed E-state index contributed by atoms with van der Waals surface area (Å²) in [7, 11) is 0. The molecule has 0 saturated carbocycles. The summed E-state index contributed by atoms with van der Waals surface area (Å²) in [5, 5.41) is 16.4. The van der Waals surface area contributed by atoms with Crippen LogP contribution in [0.5, 0.6) is 0 Å². The first-order valence-electron chi connectivity index (χ1n) is 4.72. The molecular weight excluding hydrogens is 172 g/mol. The van der Waals surface area contributed by atoms with Crippen LogP contribution in [0.4, 0.5) is 0 Å². The first-order chi connectivity index (χ1) is 6.69. The molecule has 2 heteroatoms. The van der Waals surface area contributed by atoms with E-state index in [-0.39, 0.29) is 0 Å². The SMILES string of the molecule is C/C=C(\C(C)=N)C1=CC(C#N)=CCC1. The van der Waals surface area contributed by atoms with Crippen molar-refractivity contribution < 1.29 is 0 Å². The molecule has 0 aromatic carbocycles. The number of hydrogen-bond acceptors (Lipinski definition) is 2. The van der Waals surface area contributed by atoms with E-state index in [0.717, 1.165) is 24.0 Å². The number of nitrogens with one attached hydrogen (secondary N) is 1. The smallest absolute Gasteiger partial charge is 0.0988 e. The minimum atomic E-state index is 0.568. The Labute approximate surface area is 84.8 Å². The molecule has 0 atom stereocenters. The highest BCUT2D eigenvalue weighted by Gasteiger charge is 2.10. The summed E-state index contributed by atoms with van der Waals surface area (Å²) in [5.41, 5.74) is 3.36. The third-order valence-corrected chi connectivity index (χ3v) is 2.28. The van der Waals surface area contributed by atoms with Gasteiger partial charge in [0.15, 0.2) is 0 Å². The van der Waals surface area contributed by atoms with Crippen LogP contribution in [-0.4, -0.2) is 5.71 Å².